The van der Waals surface area contributed by atoms with Crippen LogP contribution >= 0.6 is 0 Å². The fraction of sp³-hybridized carbons (Fsp3) is 0.333. The van der Waals surface area contributed by atoms with E-state index in [0.717, 1.165) is 29.7 Å². The summed E-state index contributed by atoms with van der Waals surface area (Å²) in [6.45, 7) is 4.70. The molecule has 0 heterocycles. The number of primary amides is 1. The molecule has 0 aliphatic heterocycles. The van der Waals surface area contributed by atoms with Gasteiger partial charge in [-0.1, -0.05) is 55.8 Å². The molecule has 138 valence electrons. The zero-order valence-corrected chi connectivity index (χ0v) is 15.4. The maximum absolute atomic E-state index is 13.1. The molecule has 5 heteroatoms. The number of hydrogen-bond donors (Lipinski definition) is 2. The molecular formula is C21H27N3O2. The normalized spacial score (nSPS) is 11.6. The van der Waals surface area contributed by atoms with Crippen molar-refractivity contribution in [1.29, 1.82) is 0 Å². The van der Waals surface area contributed by atoms with Crippen LogP contribution in [-0.4, -0.2) is 18.5 Å². The number of anilines is 1. The van der Waals surface area contributed by atoms with Gasteiger partial charge in [0.15, 0.2) is 0 Å². The second kappa shape index (κ2) is 9.61. The van der Waals surface area contributed by atoms with Crippen LogP contribution in [0.25, 0.3) is 0 Å². The highest BCUT2D eigenvalue weighted by Crippen LogP contribution is 2.24. The van der Waals surface area contributed by atoms with Crippen LogP contribution in [0.5, 0.6) is 0 Å². The van der Waals surface area contributed by atoms with Gasteiger partial charge in [-0.05, 0) is 36.6 Å². The number of nitrogens with zero attached hydrogens (tertiary/aromatic N) is 1. The van der Waals surface area contributed by atoms with Crippen LogP contribution in [0.3, 0.4) is 0 Å². The van der Waals surface area contributed by atoms with E-state index in [1.807, 2.05) is 61.5 Å². The van der Waals surface area contributed by atoms with E-state index in [0.29, 0.717) is 6.54 Å². The van der Waals surface area contributed by atoms with E-state index in [4.69, 9.17) is 5.73 Å². The number of amides is 3. The second-order valence-electron chi connectivity index (χ2n) is 6.36. The first-order valence-electron chi connectivity index (χ1n) is 8.99. The molecular weight excluding hydrogens is 326 g/mol. The summed E-state index contributed by atoms with van der Waals surface area (Å²) in [6.07, 6.45) is 2.07. The van der Waals surface area contributed by atoms with Gasteiger partial charge in [-0.2, -0.15) is 0 Å². The van der Waals surface area contributed by atoms with Crippen molar-refractivity contribution in [2.75, 3.05) is 11.4 Å². The monoisotopic (exact) mass is 353 g/mol. The van der Waals surface area contributed by atoms with Crippen molar-refractivity contribution in [2.24, 2.45) is 5.73 Å². The molecule has 0 saturated carbocycles. The predicted octanol–water partition coefficient (Wildman–Crippen LogP) is 3.93. The lowest BCUT2D eigenvalue weighted by Gasteiger charge is -2.26. The average Bonchev–Trinajstić information content (AvgIpc) is 2.62. The number of unbranched alkanes of at least 4 members (excludes halogenated alkanes) is 1. The van der Waals surface area contributed by atoms with E-state index in [1.54, 1.807) is 4.90 Å². The average molecular weight is 353 g/mol. The van der Waals surface area contributed by atoms with Gasteiger partial charge in [-0.15, -0.1) is 0 Å². The van der Waals surface area contributed by atoms with Crippen LogP contribution in [0.2, 0.25) is 0 Å². The zero-order valence-electron chi connectivity index (χ0n) is 15.4. The summed E-state index contributed by atoms with van der Waals surface area (Å²) in [6, 6.07) is 16.2. The number of aryl methyl sites for hydroxylation is 1. The summed E-state index contributed by atoms with van der Waals surface area (Å²) in [4.78, 5) is 26.3. The van der Waals surface area contributed by atoms with Crippen molar-refractivity contribution in [3.63, 3.8) is 0 Å². The maximum atomic E-state index is 13.1. The van der Waals surface area contributed by atoms with Gasteiger partial charge in [0.2, 0.25) is 5.91 Å². The number of nitrogens with one attached hydrogen (secondary N) is 1. The highest BCUT2D eigenvalue weighted by Gasteiger charge is 2.23. The second-order valence-corrected chi connectivity index (χ2v) is 6.36. The zero-order chi connectivity index (χ0) is 18.9. The van der Waals surface area contributed by atoms with Gasteiger partial charge in [0.25, 0.3) is 0 Å². The first-order valence-corrected chi connectivity index (χ1v) is 8.99. The molecule has 0 aliphatic rings. The minimum atomic E-state index is -0.633. The van der Waals surface area contributed by atoms with Gasteiger partial charge >= 0.3 is 6.03 Å². The van der Waals surface area contributed by atoms with Gasteiger partial charge in [0, 0.05) is 12.2 Å². The molecule has 2 aromatic carbocycles. The van der Waals surface area contributed by atoms with Crippen LogP contribution < -0.4 is 16.0 Å². The molecule has 1 atom stereocenters. The summed E-state index contributed by atoms with van der Waals surface area (Å²) in [7, 11) is 0. The highest BCUT2D eigenvalue weighted by atomic mass is 16.2. The number of carbonyl (C=O) groups excluding carboxylic acids is 2. The molecule has 0 saturated heterocycles. The quantitative estimate of drug-likeness (QED) is 0.754. The topological polar surface area (TPSA) is 75.4 Å². The Morgan fingerprint density at radius 3 is 2.35 bits per heavy atom. The van der Waals surface area contributed by atoms with Crippen molar-refractivity contribution < 1.29 is 9.59 Å². The minimum absolute atomic E-state index is 0.0355. The van der Waals surface area contributed by atoms with Gasteiger partial charge in [-0.3, -0.25) is 4.79 Å². The van der Waals surface area contributed by atoms with Gasteiger partial charge in [-0.25, -0.2) is 4.79 Å². The lowest BCUT2D eigenvalue weighted by molar-refractivity contribution is -0.119. The Bertz CT molecular complexity index is 731. The Hall–Kier alpha value is -2.82. The SMILES string of the molecule is CCCCN(C(=O)CC(NC(N)=O)c1ccccc1C)c1ccccc1. The number of para-hydroxylation sites is 1. The van der Waals surface area contributed by atoms with Crippen LogP contribution in [0, 0.1) is 6.92 Å². The summed E-state index contributed by atoms with van der Waals surface area (Å²) in [5.74, 6) is -0.0355. The number of hydrogen-bond acceptors (Lipinski definition) is 2. The number of rotatable bonds is 8. The lowest BCUT2D eigenvalue weighted by Crippen LogP contribution is -2.39. The standard InChI is InChI=1S/C21H27N3O2/c1-3-4-14-24(17-11-6-5-7-12-17)20(25)15-19(23-21(22)26)18-13-9-8-10-16(18)2/h5-13,19H,3-4,14-15H2,1-2H3,(H3,22,23,26). The fourth-order valence-corrected chi connectivity index (χ4v) is 2.99. The third-order valence-electron chi connectivity index (χ3n) is 4.36. The van der Waals surface area contributed by atoms with E-state index >= 15 is 0 Å². The van der Waals surface area contributed by atoms with Crippen LogP contribution in [0.1, 0.15) is 43.4 Å². The van der Waals surface area contributed by atoms with Crippen molar-refractivity contribution in [3.8, 4) is 0 Å². The molecule has 3 N–H and O–H groups in total. The molecule has 2 aromatic rings. The van der Waals surface area contributed by atoms with Crippen molar-refractivity contribution in [2.45, 2.75) is 39.2 Å². The molecule has 26 heavy (non-hydrogen) atoms. The molecule has 1 unspecified atom stereocenters. The molecule has 0 aromatic heterocycles. The largest absolute Gasteiger partial charge is 0.352 e. The van der Waals surface area contributed by atoms with Crippen LogP contribution in [0.4, 0.5) is 10.5 Å². The van der Waals surface area contributed by atoms with E-state index in [1.165, 1.54) is 0 Å². The lowest BCUT2D eigenvalue weighted by atomic mass is 9.98. The summed E-state index contributed by atoms with van der Waals surface area (Å²) >= 11 is 0. The number of urea groups is 1. The summed E-state index contributed by atoms with van der Waals surface area (Å²) < 4.78 is 0. The van der Waals surface area contributed by atoms with E-state index in [9.17, 15) is 9.59 Å². The number of benzene rings is 2. The third-order valence-corrected chi connectivity index (χ3v) is 4.36. The first-order chi connectivity index (χ1) is 12.5. The molecule has 5 nitrogen and oxygen atoms in total. The van der Waals surface area contributed by atoms with E-state index in [-0.39, 0.29) is 12.3 Å². The molecule has 0 aliphatic carbocycles. The maximum Gasteiger partial charge on any atom is 0.312 e. The third kappa shape index (κ3) is 5.34. The van der Waals surface area contributed by atoms with Gasteiger partial charge in [0.1, 0.15) is 0 Å². The van der Waals surface area contributed by atoms with Crippen molar-refractivity contribution >= 4 is 17.6 Å². The molecule has 0 radical (unpaired) electrons. The Balaban J connectivity index is 2.25. The molecule has 3 amide bonds. The van der Waals surface area contributed by atoms with E-state index in [2.05, 4.69) is 12.2 Å². The summed E-state index contributed by atoms with van der Waals surface area (Å²) in [5.41, 5.74) is 8.14. The molecule has 2 rings (SSSR count). The first kappa shape index (κ1) is 19.5. The molecule has 0 fully saturated rings. The Labute approximate surface area is 155 Å². The van der Waals surface area contributed by atoms with Crippen molar-refractivity contribution in [1.82, 2.24) is 5.32 Å². The summed E-state index contributed by atoms with van der Waals surface area (Å²) in [5, 5.41) is 2.72. The number of carbonyl (C=O) groups is 2. The molecule has 0 spiro atoms. The van der Waals surface area contributed by atoms with E-state index < -0.39 is 12.1 Å². The smallest absolute Gasteiger partial charge is 0.312 e. The number of nitrogens with two attached hydrogens (primary N) is 1. The Morgan fingerprint density at radius 2 is 1.73 bits per heavy atom. The highest BCUT2D eigenvalue weighted by molar-refractivity contribution is 5.94. The Kier molecular flexibility index (Phi) is 7.21. The van der Waals surface area contributed by atoms with Gasteiger partial charge < -0.3 is 16.0 Å². The Morgan fingerprint density at radius 1 is 1.08 bits per heavy atom. The molecule has 0 bridgehead atoms. The van der Waals surface area contributed by atoms with Crippen molar-refractivity contribution in [3.05, 3.63) is 65.7 Å². The van der Waals surface area contributed by atoms with Gasteiger partial charge in [0.05, 0.1) is 12.5 Å². The fourth-order valence-electron chi connectivity index (χ4n) is 2.99. The van der Waals surface area contributed by atoms with Crippen LogP contribution in [0.15, 0.2) is 54.6 Å². The predicted molar refractivity (Wildman–Crippen MR) is 105 cm³/mol. The van der Waals surface area contributed by atoms with Crippen LogP contribution in [-0.2, 0) is 4.79 Å². The minimum Gasteiger partial charge on any atom is -0.352 e.